The van der Waals surface area contributed by atoms with Gasteiger partial charge in [-0.05, 0) is 35.9 Å². The predicted molar refractivity (Wildman–Crippen MR) is 83.1 cm³/mol. The average Bonchev–Trinajstić information content (AvgIpc) is 2.99. The van der Waals surface area contributed by atoms with E-state index in [0.717, 1.165) is 29.8 Å². The Kier molecular flexibility index (Phi) is 4.20. The van der Waals surface area contributed by atoms with E-state index in [1.54, 1.807) is 17.4 Å². The summed E-state index contributed by atoms with van der Waals surface area (Å²) in [5.41, 5.74) is 1.59. The number of anilines is 1. The fourth-order valence-electron chi connectivity index (χ4n) is 2.67. The number of carbonyl (C=O) groups is 1. The van der Waals surface area contributed by atoms with Crippen LogP contribution in [0.3, 0.4) is 0 Å². The molecule has 0 unspecified atom stereocenters. The molecule has 1 aromatic carbocycles. The largest absolute Gasteiger partial charge is 0.360 e. The van der Waals surface area contributed by atoms with Crippen molar-refractivity contribution in [3.8, 4) is 0 Å². The number of fused-ring (bicyclic) bond motifs is 1. The van der Waals surface area contributed by atoms with E-state index in [1.165, 1.54) is 6.07 Å². The lowest BCUT2D eigenvalue weighted by Crippen LogP contribution is -2.40. The molecule has 0 aliphatic carbocycles. The molecule has 0 spiro atoms. The quantitative estimate of drug-likeness (QED) is 0.942. The maximum atomic E-state index is 14.0. The van der Waals surface area contributed by atoms with Gasteiger partial charge in [0.15, 0.2) is 0 Å². The van der Waals surface area contributed by atoms with E-state index >= 15 is 0 Å². The predicted octanol–water partition coefficient (Wildman–Crippen LogP) is 2.96. The molecule has 1 aliphatic rings. The van der Waals surface area contributed by atoms with Crippen LogP contribution in [0.15, 0.2) is 35.7 Å². The number of amides is 1. The highest BCUT2D eigenvalue weighted by Crippen LogP contribution is 2.29. The van der Waals surface area contributed by atoms with Crippen LogP contribution in [0.5, 0.6) is 0 Å². The van der Waals surface area contributed by atoms with Gasteiger partial charge in [0.1, 0.15) is 5.82 Å². The smallest absolute Gasteiger partial charge is 0.239 e. The Labute approximate surface area is 127 Å². The molecule has 0 atom stereocenters. The molecule has 1 N–H and O–H groups in total. The SMILES string of the molecule is O=C(CN1CCCc2cccc(F)c21)NCc1cccs1. The number of para-hydroxylation sites is 1. The molecule has 21 heavy (non-hydrogen) atoms. The Morgan fingerprint density at radius 2 is 2.24 bits per heavy atom. The van der Waals surface area contributed by atoms with E-state index in [0.29, 0.717) is 12.2 Å². The Bertz CT molecular complexity index is 627. The van der Waals surface area contributed by atoms with Crippen molar-refractivity contribution in [1.82, 2.24) is 5.32 Å². The summed E-state index contributed by atoms with van der Waals surface area (Å²) in [4.78, 5) is 15.0. The van der Waals surface area contributed by atoms with Crippen LogP contribution in [0.1, 0.15) is 16.9 Å². The van der Waals surface area contributed by atoms with Crippen molar-refractivity contribution in [3.63, 3.8) is 0 Å². The summed E-state index contributed by atoms with van der Waals surface area (Å²) in [6, 6.07) is 9.08. The van der Waals surface area contributed by atoms with E-state index in [9.17, 15) is 9.18 Å². The van der Waals surface area contributed by atoms with Gasteiger partial charge in [-0.1, -0.05) is 18.2 Å². The highest BCUT2D eigenvalue weighted by Gasteiger charge is 2.22. The van der Waals surface area contributed by atoms with Crippen LogP contribution in [0.25, 0.3) is 0 Å². The maximum absolute atomic E-state index is 14.0. The lowest BCUT2D eigenvalue weighted by atomic mass is 10.0. The second kappa shape index (κ2) is 6.26. The number of thiophene rings is 1. The Morgan fingerprint density at radius 3 is 3.05 bits per heavy atom. The third-order valence-corrected chi connectivity index (χ3v) is 4.51. The number of halogens is 1. The van der Waals surface area contributed by atoms with Crippen molar-refractivity contribution < 1.29 is 9.18 Å². The van der Waals surface area contributed by atoms with Gasteiger partial charge in [0.05, 0.1) is 18.8 Å². The monoisotopic (exact) mass is 304 g/mol. The summed E-state index contributed by atoms with van der Waals surface area (Å²) >= 11 is 1.61. The lowest BCUT2D eigenvalue weighted by Gasteiger charge is -2.31. The van der Waals surface area contributed by atoms with E-state index in [4.69, 9.17) is 0 Å². The van der Waals surface area contributed by atoms with Crippen LogP contribution < -0.4 is 10.2 Å². The summed E-state index contributed by atoms with van der Waals surface area (Å²) in [6.07, 6.45) is 1.83. The molecule has 3 rings (SSSR count). The van der Waals surface area contributed by atoms with Crippen molar-refractivity contribution in [3.05, 3.63) is 52.0 Å². The summed E-state index contributed by atoms with van der Waals surface area (Å²) in [7, 11) is 0. The molecule has 2 heterocycles. The minimum Gasteiger partial charge on any atom is -0.360 e. The molecule has 0 saturated heterocycles. The Balaban J connectivity index is 1.65. The van der Waals surface area contributed by atoms with Crippen LogP contribution in [0.2, 0.25) is 0 Å². The number of rotatable bonds is 4. The number of nitrogens with zero attached hydrogens (tertiary/aromatic N) is 1. The van der Waals surface area contributed by atoms with Gasteiger partial charge in [-0.15, -0.1) is 11.3 Å². The maximum Gasteiger partial charge on any atom is 0.239 e. The number of hydrogen-bond donors (Lipinski definition) is 1. The van der Waals surface area contributed by atoms with Gasteiger partial charge in [-0.3, -0.25) is 4.79 Å². The molecule has 0 bridgehead atoms. The van der Waals surface area contributed by atoms with E-state index < -0.39 is 0 Å². The highest BCUT2D eigenvalue weighted by molar-refractivity contribution is 7.09. The van der Waals surface area contributed by atoms with Crippen LogP contribution >= 0.6 is 11.3 Å². The second-order valence-corrected chi connectivity index (χ2v) is 6.16. The number of hydrogen-bond acceptors (Lipinski definition) is 3. The number of aryl methyl sites for hydroxylation is 1. The first-order valence-electron chi connectivity index (χ1n) is 7.05. The number of nitrogens with one attached hydrogen (secondary N) is 1. The van der Waals surface area contributed by atoms with E-state index in [-0.39, 0.29) is 18.3 Å². The molecule has 110 valence electrons. The molecule has 0 fully saturated rings. The first-order valence-corrected chi connectivity index (χ1v) is 7.93. The molecule has 3 nitrogen and oxygen atoms in total. The van der Waals surface area contributed by atoms with Gasteiger partial charge in [0.2, 0.25) is 5.91 Å². The minimum atomic E-state index is -0.238. The van der Waals surface area contributed by atoms with Gasteiger partial charge >= 0.3 is 0 Å². The van der Waals surface area contributed by atoms with Gasteiger partial charge in [-0.2, -0.15) is 0 Å². The summed E-state index contributed by atoms with van der Waals surface area (Å²) in [6.45, 7) is 1.47. The van der Waals surface area contributed by atoms with E-state index in [2.05, 4.69) is 5.32 Å². The third-order valence-electron chi connectivity index (χ3n) is 3.64. The zero-order chi connectivity index (χ0) is 14.7. The Morgan fingerprint density at radius 1 is 1.33 bits per heavy atom. The molecule has 1 aliphatic heterocycles. The number of benzene rings is 1. The standard InChI is InChI=1S/C16H17FN2OS/c17-14-7-1-4-12-5-2-8-19(16(12)14)11-15(20)18-10-13-6-3-9-21-13/h1,3-4,6-7,9H,2,5,8,10-11H2,(H,18,20). The third kappa shape index (κ3) is 3.24. The van der Waals surface area contributed by atoms with Crippen LogP contribution in [-0.4, -0.2) is 19.0 Å². The van der Waals surface area contributed by atoms with Gasteiger partial charge < -0.3 is 10.2 Å². The van der Waals surface area contributed by atoms with E-state index in [1.807, 2.05) is 28.5 Å². The van der Waals surface area contributed by atoms with Crippen molar-refractivity contribution in [1.29, 1.82) is 0 Å². The summed E-state index contributed by atoms with van der Waals surface area (Å²) in [5, 5.41) is 4.87. The number of carbonyl (C=O) groups excluding carboxylic acids is 1. The molecular formula is C16H17FN2OS. The van der Waals surface area contributed by atoms with Gasteiger partial charge in [0, 0.05) is 11.4 Å². The normalized spacial score (nSPS) is 13.9. The molecule has 0 saturated carbocycles. The summed E-state index contributed by atoms with van der Waals surface area (Å²) in [5.74, 6) is -0.308. The molecular weight excluding hydrogens is 287 g/mol. The lowest BCUT2D eigenvalue weighted by molar-refractivity contribution is -0.119. The van der Waals surface area contributed by atoms with Crippen LogP contribution in [0, 0.1) is 5.82 Å². The second-order valence-electron chi connectivity index (χ2n) is 5.13. The van der Waals surface area contributed by atoms with Gasteiger partial charge in [0.25, 0.3) is 0 Å². The van der Waals surface area contributed by atoms with Crippen molar-refractivity contribution in [2.24, 2.45) is 0 Å². The topological polar surface area (TPSA) is 32.3 Å². The fraction of sp³-hybridized carbons (Fsp3) is 0.312. The first kappa shape index (κ1) is 14.1. The zero-order valence-corrected chi connectivity index (χ0v) is 12.5. The zero-order valence-electron chi connectivity index (χ0n) is 11.6. The first-order chi connectivity index (χ1) is 10.2. The summed E-state index contributed by atoms with van der Waals surface area (Å²) < 4.78 is 14.0. The van der Waals surface area contributed by atoms with Crippen molar-refractivity contribution in [2.45, 2.75) is 19.4 Å². The fourth-order valence-corrected chi connectivity index (χ4v) is 3.32. The average molecular weight is 304 g/mol. The van der Waals surface area contributed by atoms with Crippen molar-refractivity contribution >= 4 is 22.9 Å². The molecule has 1 amide bonds. The highest BCUT2D eigenvalue weighted by atomic mass is 32.1. The van der Waals surface area contributed by atoms with Crippen LogP contribution in [0.4, 0.5) is 10.1 Å². The molecule has 0 radical (unpaired) electrons. The van der Waals surface area contributed by atoms with Crippen molar-refractivity contribution in [2.75, 3.05) is 18.0 Å². The minimum absolute atomic E-state index is 0.0699. The van der Waals surface area contributed by atoms with Crippen LogP contribution in [-0.2, 0) is 17.8 Å². The Hall–Kier alpha value is -1.88. The van der Waals surface area contributed by atoms with Gasteiger partial charge in [-0.25, -0.2) is 4.39 Å². The molecule has 2 aromatic rings. The molecule has 5 heteroatoms. The molecule has 1 aromatic heterocycles.